The summed E-state index contributed by atoms with van der Waals surface area (Å²) in [6.07, 6.45) is 2.49. The highest BCUT2D eigenvalue weighted by Crippen LogP contribution is 2.65. The molecule has 2 bridgehead atoms. The number of nitrogens with zero attached hydrogens (tertiary/aromatic N) is 2. The minimum Gasteiger partial charge on any atom is -0.504 e. The van der Waals surface area contributed by atoms with E-state index in [-0.39, 0.29) is 29.3 Å². The second-order valence-corrected chi connectivity index (χ2v) is 12.4. The number of likely N-dealkylation sites (N-methyl/N-ethyl adjacent to an activating group) is 1. The summed E-state index contributed by atoms with van der Waals surface area (Å²) in [7, 11) is 1.68. The van der Waals surface area contributed by atoms with Crippen LogP contribution in [0.1, 0.15) is 54.4 Å². The highest BCUT2D eigenvalue weighted by atomic mass is 19.4. The topological polar surface area (TPSA) is 73.2 Å². The van der Waals surface area contributed by atoms with Crippen LogP contribution in [-0.2, 0) is 22.8 Å². The van der Waals surface area contributed by atoms with Crippen molar-refractivity contribution in [1.29, 1.82) is 0 Å². The van der Waals surface area contributed by atoms with Crippen molar-refractivity contribution in [3.05, 3.63) is 64.7 Å². The van der Waals surface area contributed by atoms with Crippen LogP contribution in [0.25, 0.3) is 6.08 Å². The van der Waals surface area contributed by atoms with Gasteiger partial charge in [0, 0.05) is 43.7 Å². The van der Waals surface area contributed by atoms with Crippen LogP contribution in [0.5, 0.6) is 11.5 Å². The standard InChI is InChI=1S/C31H33F3N2O4/c1-35(26(38)10-7-18-3-2-4-21(13-18)31(32,33)34)22-15-25-29-11-12-36(17-19-5-6-19)24(30(29,39)16-22)14-20-8-9-23(37)28(40-25)27(20)29/h2-4,7-10,13,19,22,24-25,37,39H,5-6,11-12,14-17H2,1H3/t22-,24+,25-,29+,30+/m0/s1. The number of phenolic OH excluding ortho intramolecular Hbond substituents is 1. The monoisotopic (exact) mass is 554 g/mol. The van der Waals surface area contributed by atoms with E-state index >= 15 is 0 Å². The molecule has 1 spiro atoms. The average molecular weight is 555 g/mol. The van der Waals surface area contributed by atoms with Crippen molar-refractivity contribution in [3.63, 3.8) is 0 Å². The number of halogens is 3. The molecule has 2 heterocycles. The molecular formula is C31H33F3N2O4. The number of hydrogen-bond donors (Lipinski definition) is 2. The first-order valence-corrected chi connectivity index (χ1v) is 14.1. The summed E-state index contributed by atoms with van der Waals surface area (Å²) in [6.45, 7) is 1.81. The van der Waals surface area contributed by atoms with Crippen molar-refractivity contribution in [2.24, 2.45) is 5.92 Å². The number of carbonyl (C=O) groups is 1. The maximum atomic E-state index is 13.3. The zero-order valence-corrected chi connectivity index (χ0v) is 22.3. The summed E-state index contributed by atoms with van der Waals surface area (Å²) in [5.74, 6) is 0.856. The number of hydrogen-bond acceptors (Lipinski definition) is 5. The van der Waals surface area contributed by atoms with E-state index in [1.807, 2.05) is 6.07 Å². The fourth-order valence-electron chi connectivity index (χ4n) is 8.06. The molecule has 0 radical (unpaired) electrons. The van der Waals surface area contributed by atoms with E-state index in [1.165, 1.54) is 37.1 Å². The number of phenols is 1. The molecule has 3 aliphatic carbocycles. The van der Waals surface area contributed by atoms with Gasteiger partial charge in [-0.3, -0.25) is 9.69 Å². The molecule has 2 aliphatic heterocycles. The van der Waals surface area contributed by atoms with Gasteiger partial charge in [-0.2, -0.15) is 13.2 Å². The van der Waals surface area contributed by atoms with Gasteiger partial charge in [0.2, 0.25) is 5.91 Å². The van der Waals surface area contributed by atoms with E-state index in [9.17, 15) is 28.2 Å². The van der Waals surface area contributed by atoms with Gasteiger partial charge in [-0.15, -0.1) is 0 Å². The molecular weight excluding hydrogens is 521 g/mol. The van der Waals surface area contributed by atoms with Gasteiger partial charge in [0.15, 0.2) is 11.5 Å². The van der Waals surface area contributed by atoms with E-state index < -0.39 is 28.9 Å². The minimum absolute atomic E-state index is 0.0775. The van der Waals surface area contributed by atoms with Crippen LogP contribution < -0.4 is 4.74 Å². The molecule has 212 valence electrons. The molecule has 9 heteroatoms. The smallest absolute Gasteiger partial charge is 0.416 e. The van der Waals surface area contributed by atoms with Crippen molar-refractivity contribution < 1.29 is 32.9 Å². The second-order valence-electron chi connectivity index (χ2n) is 12.4. The van der Waals surface area contributed by atoms with Gasteiger partial charge >= 0.3 is 6.18 Å². The van der Waals surface area contributed by atoms with Gasteiger partial charge in [0.05, 0.1) is 16.6 Å². The molecule has 2 aromatic carbocycles. The van der Waals surface area contributed by atoms with Gasteiger partial charge in [-0.1, -0.05) is 18.2 Å². The summed E-state index contributed by atoms with van der Waals surface area (Å²) < 4.78 is 45.8. The van der Waals surface area contributed by atoms with Crippen LogP contribution >= 0.6 is 0 Å². The number of carbonyl (C=O) groups excluding carboxylic acids is 1. The van der Waals surface area contributed by atoms with Crippen LogP contribution in [0.15, 0.2) is 42.5 Å². The van der Waals surface area contributed by atoms with Gasteiger partial charge in [-0.25, -0.2) is 0 Å². The summed E-state index contributed by atoms with van der Waals surface area (Å²) in [6, 6.07) is 8.04. The molecule has 7 rings (SSSR count). The van der Waals surface area contributed by atoms with Crippen LogP contribution in [0.4, 0.5) is 13.2 Å². The Bertz CT molecular complexity index is 1410. The Labute approximate surface area is 231 Å². The molecule has 5 atom stereocenters. The second kappa shape index (κ2) is 8.73. The highest BCUT2D eigenvalue weighted by molar-refractivity contribution is 5.92. The lowest BCUT2D eigenvalue weighted by Crippen LogP contribution is -2.77. The molecule has 1 saturated heterocycles. The van der Waals surface area contributed by atoms with E-state index in [4.69, 9.17) is 4.74 Å². The minimum atomic E-state index is -4.46. The van der Waals surface area contributed by atoms with Crippen molar-refractivity contribution in [2.45, 2.75) is 73.9 Å². The molecule has 5 aliphatic rings. The lowest BCUT2D eigenvalue weighted by atomic mass is 9.48. The zero-order valence-electron chi connectivity index (χ0n) is 22.3. The van der Waals surface area contributed by atoms with E-state index in [1.54, 1.807) is 18.0 Å². The number of aliphatic hydroxyl groups is 1. The molecule has 2 saturated carbocycles. The molecule has 3 fully saturated rings. The van der Waals surface area contributed by atoms with Crippen molar-refractivity contribution in [2.75, 3.05) is 20.1 Å². The third-order valence-electron chi connectivity index (χ3n) is 10.2. The zero-order chi connectivity index (χ0) is 28.0. The quantitative estimate of drug-likeness (QED) is 0.532. The van der Waals surface area contributed by atoms with Gasteiger partial charge in [-0.05, 0) is 80.0 Å². The lowest BCUT2D eigenvalue weighted by Gasteiger charge is -2.64. The first-order chi connectivity index (χ1) is 19.0. The fourth-order valence-corrected chi connectivity index (χ4v) is 8.06. The Hall–Kier alpha value is -3.04. The molecule has 2 aromatic rings. The van der Waals surface area contributed by atoms with E-state index in [0.29, 0.717) is 30.9 Å². The average Bonchev–Trinajstić information content (AvgIpc) is 3.66. The number of ether oxygens (including phenoxy) is 1. The van der Waals surface area contributed by atoms with Crippen LogP contribution in [0, 0.1) is 5.92 Å². The fraction of sp³-hybridized carbons (Fsp3) is 0.516. The van der Waals surface area contributed by atoms with Crippen LogP contribution in [0.2, 0.25) is 0 Å². The van der Waals surface area contributed by atoms with Crippen molar-refractivity contribution in [3.8, 4) is 11.5 Å². The number of likely N-dealkylation sites (tertiary alicyclic amines) is 1. The Morgan fingerprint density at radius 3 is 2.80 bits per heavy atom. The first-order valence-electron chi connectivity index (χ1n) is 14.1. The highest BCUT2D eigenvalue weighted by Gasteiger charge is 2.72. The molecule has 40 heavy (non-hydrogen) atoms. The maximum absolute atomic E-state index is 13.3. The third kappa shape index (κ3) is 3.73. The van der Waals surface area contributed by atoms with Gasteiger partial charge < -0.3 is 19.8 Å². The van der Waals surface area contributed by atoms with Crippen molar-refractivity contribution in [1.82, 2.24) is 9.80 Å². The van der Waals surface area contributed by atoms with Crippen LogP contribution in [0.3, 0.4) is 0 Å². The molecule has 0 unspecified atom stereocenters. The summed E-state index contributed by atoms with van der Waals surface area (Å²) in [4.78, 5) is 17.3. The Morgan fingerprint density at radius 1 is 1.25 bits per heavy atom. The number of benzene rings is 2. The Kier molecular flexibility index (Phi) is 5.65. The number of aromatic hydroxyl groups is 1. The molecule has 0 aromatic heterocycles. The third-order valence-corrected chi connectivity index (χ3v) is 10.2. The molecule has 1 amide bonds. The number of rotatable bonds is 5. The largest absolute Gasteiger partial charge is 0.504 e. The Balaban J connectivity index is 1.19. The van der Waals surface area contributed by atoms with Gasteiger partial charge in [0.25, 0.3) is 0 Å². The van der Waals surface area contributed by atoms with E-state index in [2.05, 4.69) is 4.90 Å². The summed E-state index contributed by atoms with van der Waals surface area (Å²) in [5.41, 5.74) is -0.216. The summed E-state index contributed by atoms with van der Waals surface area (Å²) >= 11 is 0. The predicted octanol–water partition coefficient (Wildman–Crippen LogP) is 4.52. The molecule has 2 N–H and O–H groups in total. The van der Waals surface area contributed by atoms with Gasteiger partial charge in [0.1, 0.15) is 6.10 Å². The SMILES string of the molecule is CN(C(=O)C=Cc1cccc(C(F)(F)F)c1)[C@H]1C[C@@H]2Oc3c(O)ccc4c3[C@@]23CCN(CC2CC2)[C@H](C4)[C@]3(O)C1. The molecule has 6 nitrogen and oxygen atoms in total. The summed E-state index contributed by atoms with van der Waals surface area (Å²) in [5, 5.41) is 23.5. The van der Waals surface area contributed by atoms with E-state index in [0.717, 1.165) is 42.8 Å². The number of piperidine rings is 1. The van der Waals surface area contributed by atoms with Crippen molar-refractivity contribution >= 4 is 12.0 Å². The Morgan fingerprint density at radius 2 is 2.05 bits per heavy atom. The number of alkyl halides is 3. The predicted molar refractivity (Wildman–Crippen MR) is 142 cm³/mol. The number of amides is 1. The first kappa shape index (κ1) is 25.9. The maximum Gasteiger partial charge on any atom is 0.416 e. The normalized spacial score (nSPS) is 32.6. The van der Waals surface area contributed by atoms with Crippen LogP contribution in [-0.4, -0.2) is 69.8 Å². The lowest BCUT2D eigenvalue weighted by molar-refractivity contribution is -0.198.